The molecule has 0 spiro atoms. The molecule has 1 aromatic carbocycles. The summed E-state index contributed by atoms with van der Waals surface area (Å²) >= 11 is 0. The van der Waals surface area contributed by atoms with E-state index in [1.807, 2.05) is 6.07 Å². The minimum atomic E-state index is -3.92. The summed E-state index contributed by atoms with van der Waals surface area (Å²) in [6.45, 7) is 4.06. The van der Waals surface area contributed by atoms with Crippen molar-refractivity contribution >= 4 is 21.7 Å². The second-order valence-electron chi connectivity index (χ2n) is 6.25. The molecule has 7 nitrogen and oxygen atoms in total. The number of hydrogen-bond acceptors (Lipinski definition) is 6. The quantitative estimate of drug-likeness (QED) is 0.696. The Balaban J connectivity index is 1.57. The first-order chi connectivity index (χ1) is 12.8. The number of halogens is 2. The highest BCUT2D eigenvalue weighted by atomic mass is 32.2. The van der Waals surface area contributed by atoms with Crippen LogP contribution in [0.2, 0.25) is 0 Å². The second kappa shape index (κ2) is 8.13. The fraction of sp³-hybridized carbons (Fsp3) is 0.412. The molecule has 2 N–H and O–H groups in total. The van der Waals surface area contributed by atoms with Crippen molar-refractivity contribution in [1.82, 2.24) is 14.7 Å². The SMILES string of the molecule is Cc1nc(NCCNS(=O)(=O)c2ccc(F)c(F)c2)cc(N2CCCC2)n1. The second-order valence-corrected chi connectivity index (χ2v) is 8.02. The number of sulfonamides is 1. The van der Waals surface area contributed by atoms with Gasteiger partial charge in [0, 0.05) is 32.2 Å². The van der Waals surface area contributed by atoms with Gasteiger partial charge < -0.3 is 10.2 Å². The molecule has 0 amide bonds. The summed E-state index contributed by atoms with van der Waals surface area (Å²) in [5, 5.41) is 3.06. The van der Waals surface area contributed by atoms with Crippen LogP contribution < -0.4 is 14.9 Å². The van der Waals surface area contributed by atoms with Crippen molar-refractivity contribution in [3.8, 4) is 0 Å². The van der Waals surface area contributed by atoms with Crippen LogP contribution in [0.15, 0.2) is 29.2 Å². The third-order valence-corrected chi connectivity index (χ3v) is 5.64. The summed E-state index contributed by atoms with van der Waals surface area (Å²) in [4.78, 5) is 10.6. The van der Waals surface area contributed by atoms with Crippen molar-refractivity contribution in [2.24, 2.45) is 0 Å². The highest BCUT2D eigenvalue weighted by Gasteiger charge is 2.17. The van der Waals surface area contributed by atoms with Crippen molar-refractivity contribution in [2.75, 3.05) is 36.4 Å². The van der Waals surface area contributed by atoms with Gasteiger partial charge in [-0.2, -0.15) is 0 Å². The molecule has 1 aliphatic heterocycles. The van der Waals surface area contributed by atoms with E-state index >= 15 is 0 Å². The highest BCUT2D eigenvalue weighted by Crippen LogP contribution is 2.20. The van der Waals surface area contributed by atoms with Crippen LogP contribution >= 0.6 is 0 Å². The molecule has 0 aliphatic carbocycles. The first-order valence-corrected chi connectivity index (χ1v) is 10.1. The van der Waals surface area contributed by atoms with Crippen molar-refractivity contribution in [3.63, 3.8) is 0 Å². The zero-order chi connectivity index (χ0) is 19.4. The molecule has 0 bridgehead atoms. The number of aryl methyl sites for hydroxylation is 1. The van der Waals surface area contributed by atoms with Crippen LogP contribution in [0.25, 0.3) is 0 Å². The standard InChI is InChI=1S/C17H21F2N5O2S/c1-12-22-16(11-17(23-12)24-8-2-3-9-24)20-6-7-21-27(25,26)13-4-5-14(18)15(19)10-13/h4-5,10-11,21H,2-3,6-9H2,1H3,(H,20,22,23). The van der Waals surface area contributed by atoms with Crippen molar-refractivity contribution in [3.05, 3.63) is 41.7 Å². The van der Waals surface area contributed by atoms with Gasteiger partial charge in [-0.25, -0.2) is 31.9 Å². The smallest absolute Gasteiger partial charge is 0.240 e. The highest BCUT2D eigenvalue weighted by molar-refractivity contribution is 7.89. The number of rotatable bonds is 7. The van der Waals surface area contributed by atoms with Gasteiger partial charge in [0.2, 0.25) is 10.0 Å². The monoisotopic (exact) mass is 397 g/mol. The van der Waals surface area contributed by atoms with Gasteiger partial charge in [-0.3, -0.25) is 0 Å². The van der Waals surface area contributed by atoms with Crippen LogP contribution in [-0.4, -0.2) is 44.6 Å². The zero-order valence-corrected chi connectivity index (χ0v) is 15.7. The molecule has 1 aliphatic rings. The number of nitrogens with one attached hydrogen (secondary N) is 2. The van der Waals surface area contributed by atoms with Crippen LogP contribution in [0.4, 0.5) is 20.4 Å². The lowest BCUT2D eigenvalue weighted by molar-refractivity contribution is 0.504. The van der Waals surface area contributed by atoms with Gasteiger partial charge in [-0.15, -0.1) is 0 Å². The average Bonchev–Trinajstić information content (AvgIpc) is 3.15. The van der Waals surface area contributed by atoms with E-state index < -0.39 is 21.7 Å². The summed E-state index contributed by atoms with van der Waals surface area (Å²) < 4.78 is 52.8. The molecular weight excluding hydrogens is 376 g/mol. The van der Waals surface area contributed by atoms with Gasteiger partial charge in [0.05, 0.1) is 4.90 Å². The predicted octanol–water partition coefficient (Wildman–Crippen LogP) is 2.05. The Kier molecular flexibility index (Phi) is 5.85. The first-order valence-electron chi connectivity index (χ1n) is 8.64. The number of anilines is 2. The zero-order valence-electron chi connectivity index (χ0n) is 14.9. The summed E-state index contributed by atoms with van der Waals surface area (Å²) in [5.41, 5.74) is 0. The molecule has 0 saturated carbocycles. The van der Waals surface area contributed by atoms with Crippen LogP contribution in [0.3, 0.4) is 0 Å². The van der Waals surface area contributed by atoms with Crippen molar-refractivity contribution in [2.45, 2.75) is 24.7 Å². The Bertz CT molecular complexity index is 918. The maximum absolute atomic E-state index is 13.2. The van der Waals surface area contributed by atoms with Gasteiger partial charge in [-0.1, -0.05) is 0 Å². The number of aromatic nitrogens is 2. The maximum Gasteiger partial charge on any atom is 0.240 e. The lowest BCUT2D eigenvalue weighted by Crippen LogP contribution is -2.29. The van der Waals surface area contributed by atoms with Crippen LogP contribution in [-0.2, 0) is 10.0 Å². The summed E-state index contributed by atoms with van der Waals surface area (Å²) in [6.07, 6.45) is 2.27. The van der Waals surface area contributed by atoms with Gasteiger partial charge in [-0.05, 0) is 38.0 Å². The Morgan fingerprint density at radius 2 is 1.81 bits per heavy atom. The van der Waals surface area contributed by atoms with Crippen LogP contribution in [0, 0.1) is 18.6 Å². The fourth-order valence-electron chi connectivity index (χ4n) is 2.85. The molecule has 146 valence electrons. The van der Waals surface area contributed by atoms with E-state index in [0.717, 1.165) is 43.9 Å². The third-order valence-electron chi connectivity index (χ3n) is 4.18. The Morgan fingerprint density at radius 1 is 1.07 bits per heavy atom. The summed E-state index contributed by atoms with van der Waals surface area (Å²) in [6, 6.07) is 4.29. The lowest BCUT2D eigenvalue weighted by atomic mass is 10.3. The van der Waals surface area contributed by atoms with E-state index in [2.05, 4.69) is 24.9 Å². The molecule has 0 atom stereocenters. The molecule has 10 heteroatoms. The van der Waals surface area contributed by atoms with E-state index in [-0.39, 0.29) is 18.0 Å². The molecule has 0 radical (unpaired) electrons. The molecule has 0 unspecified atom stereocenters. The minimum absolute atomic E-state index is 0.0590. The normalized spacial score (nSPS) is 14.6. The third kappa shape index (κ3) is 4.89. The van der Waals surface area contributed by atoms with Gasteiger partial charge in [0.25, 0.3) is 0 Å². The molecule has 1 fully saturated rings. The first kappa shape index (κ1) is 19.4. The summed E-state index contributed by atoms with van der Waals surface area (Å²) in [5.74, 6) is -0.212. The van der Waals surface area contributed by atoms with Crippen molar-refractivity contribution < 1.29 is 17.2 Å². The Labute approximate surface area is 156 Å². The van der Waals surface area contributed by atoms with Crippen LogP contribution in [0.1, 0.15) is 18.7 Å². The number of hydrogen-bond donors (Lipinski definition) is 2. The van der Waals surface area contributed by atoms with Gasteiger partial charge >= 0.3 is 0 Å². The summed E-state index contributed by atoms with van der Waals surface area (Å²) in [7, 11) is -3.92. The van der Waals surface area contributed by atoms with Gasteiger partial charge in [0.1, 0.15) is 17.5 Å². The van der Waals surface area contributed by atoms with Gasteiger partial charge in [0.15, 0.2) is 11.6 Å². The number of nitrogens with zero attached hydrogens (tertiary/aromatic N) is 3. The molecule has 2 aromatic rings. The molecule has 3 rings (SSSR count). The predicted molar refractivity (Wildman–Crippen MR) is 98.3 cm³/mol. The average molecular weight is 397 g/mol. The van der Waals surface area contributed by atoms with E-state index in [1.54, 1.807) is 6.92 Å². The van der Waals surface area contributed by atoms with E-state index in [0.29, 0.717) is 17.7 Å². The lowest BCUT2D eigenvalue weighted by Gasteiger charge is -2.17. The molecule has 1 aromatic heterocycles. The molecule has 2 heterocycles. The van der Waals surface area contributed by atoms with E-state index in [1.165, 1.54) is 0 Å². The van der Waals surface area contributed by atoms with Crippen molar-refractivity contribution in [1.29, 1.82) is 0 Å². The minimum Gasteiger partial charge on any atom is -0.369 e. The molecular formula is C17H21F2N5O2S. The van der Waals surface area contributed by atoms with E-state index in [9.17, 15) is 17.2 Å². The maximum atomic E-state index is 13.2. The van der Waals surface area contributed by atoms with E-state index in [4.69, 9.17) is 0 Å². The largest absolute Gasteiger partial charge is 0.369 e. The Morgan fingerprint density at radius 3 is 2.52 bits per heavy atom. The number of benzene rings is 1. The molecule has 1 saturated heterocycles. The fourth-order valence-corrected chi connectivity index (χ4v) is 3.90. The van der Waals surface area contributed by atoms with Crippen LogP contribution in [0.5, 0.6) is 0 Å². The Hall–Kier alpha value is -2.33. The molecule has 27 heavy (non-hydrogen) atoms. The topological polar surface area (TPSA) is 87.2 Å².